The maximum atomic E-state index is 11.5. The minimum atomic E-state index is -0.586. The molecule has 0 bridgehead atoms. The number of ether oxygens (including phenoxy) is 1. The summed E-state index contributed by atoms with van der Waals surface area (Å²) in [7, 11) is 0. The molecule has 1 aromatic heterocycles. The van der Waals surface area contributed by atoms with Gasteiger partial charge in [-0.2, -0.15) is 0 Å². The van der Waals surface area contributed by atoms with Crippen molar-refractivity contribution in [1.29, 1.82) is 0 Å². The summed E-state index contributed by atoms with van der Waals surface area (Å²) in [5.41, 5.74) is 0. The molecule has 0 aliphatic rings. The molecule has 1 rings (SSSR count). The minimum absolute atomic E-state index is 0.122. The molecule has 6 heteroatoms. The molecule has 0 radical (unpaired) electrons. The number of rotatable bonds is 7. The Morgan fingerprint density at radius 2 is 2.10 bits per heavy atom. The van der Waals surface area contributed by atoms with E-state index in [2.05, 4.69) is 21.2 Å². The Balaban J connectivity index is 2.32. The van der Waals surface area contributed by atoms with E-state index in [0.29, 0.717) is 10.4 Å². The van der Waals surface area contributed by atoms with Gasteiger partial charge in [-0.15, -0.1) is 0 Å². The Morgan fingerprint density at radius 1 is 1.40 bits per heavy atom. The molecule has 1 heterocycles. The first-order valence-corrected chi connectivity index (χ1v) is 7.24. The van der Waals surface area contributed by atoms with Crippen LogP contribution in [0.3, 0.4) is 0 Å². The lowest BCUT2D eigenvalue weighted by Gasteiger charge is -2.14. The molecule has 20 heavy (non-hydrogen) atoms. The summed E-state index contributed by atoms with van der Waals surface area (Å²) < 4.78 is 10.6. The van der Waals surface area contributed by atoms with Crippen LogP contribution in [-0.2, 0) is 14.3 Å². The Morgan fingerprint density at radius 3 is 2.65 bits per heavy atom. The Bertz CT molecular complexity index is 477. The van der Waals surface area contributed by atoms with Gasteiger partial charge < -0.3 is 14.5 Å². The van der Waals surface area contributed by atoms with Crippen molar-refractivity contribution >= 4 is 33.9 Å². The second-order valence-electron chi connectivity index (χ2n) is 4.16. The van der Waals surface area contributed by atoms with E-state index in [-0.39, 0.29) is 18.6 Å². The lowest BCUT2D eigenvalue weighted by atomic mass is 10.2. The average molecular weight is 344 g/mol. The molecule has 110 valence electrons. The third-order valence-corrected chi connectivity index (χ3v) is 3.10. The number of carbonyl (C=O) groups is 2. The number of furan rings is 1. The van der Waals surface area contributed by atoms with Crippen LogP contribution in [0, 0.1) is 0 Å². The van der Waals surface area contributed by atoms with Crippen LogP contribution in [0.2, 0.25) is 0 Å². The highest BCUT2D eigenvalue weighted by atomic mass is 79.9. The van der Waals surface area contributed by atoms with E-state index in [0.717, 1.165) is 12.8 Å². The number of nitrogens with one attached hydrogen (secondary N) is 1. The van der Waals surface area contributed by atoms with E-state index in [1.165, 1.54) is 12.2 Å². The molecule has 0 aliphatic heterocycles. The number of esters is 1. The molecular formula is C14H18BrNO4. The Labute approximate surface area is 126 Å². The average Bonchev–Trinajstić information content (AvgIpc) is 2.86. The monoisotopic (exact) mass is 343 g/mol. The van der Waals surface area contributed by atoms with Crippen LogP contribution < -0.4 is 5.32 Å². The fourth-order valence-corrected chi connectivity index (χ4v) is 1.83. The fraction of sp³-hybridized carbons (Fsp3) is 0.429. The zero-order valence-electron chi connectivity index (χ0n) is 11.5. The van der Waals surface area contributed by atoms with Crippen LogP contribution in [0.1, 0.15) is 32.4 Å². The predicted octanol–water partition coefficient (Wildman–Crippen LogP) is 2.90. The van der Waals surface area contributed by atoms with E-state index in [4.69, 9.17) is 9.15 Å². The second-order valence-corrected chi connectivity index (χ2v) is 4.95. The third kappa shape index (κ3) is 6.06. The highest BCUT2D eigenvalue weighted by Gasteiger charge is 2.09. The lowest BCUT2D eigenvalue weighted by molar-refractivity contribution is -0.144. The van der Waals surface area contributed by atoms with Gasteiger partial charge in [-0.3, -0.25) is 4.79 Å². The molecule has 1 amide bonds. The van der Waals surface area contributed by atoms with Crippen molar-refractivity contribution in [3.05, 3.63) is 28.6 Å². The number of halogens is 1. The number of hydrogen-bond acceptors (Lipinski definition) is 4. The highest BCUT2D eigenvalue weighted by molar-refractivity contribution is 9.10. The molecule has 1 N–H and O–H groups in total. The molecular weight excluding hydrogens is 326 g/mol. The van der Waals surface area contributed by atoms with Crippen LogP contribution in [0.15, 0.2) is 27.3 Å². The van der Waals surface area contributed by atoms with Crippen molar-refractivity contribution in [2.24, 2.45) is 0 Å². The van der Waals surface area contributed by atoms with Crippen molar-refractivity contribution in [2.75, 3.05) is 6.61 Å². The van der Waals surface area contributed by atoms with Crippen LogP contribution in [0.25, 0.3) is 6.08 Å². The Hall–Kier alpha value is -1.56. The summed E-state index contributed by atoms with van der Waals surface area (Å²) in [5, 5.41) is 2.78. The summed E-state index contributed by atoms with van der Waals surface area (Å²) in [4.78, 5) is 22.9. The predicted molar refractivity (Wildman–Crippen MR) is 78.9 cm³/mol. The first kappa shape index (κ1) is 16.5. The second kappa shape index (κ2) is 8.58. The first-order valence-electron chi connectivity index (χ1n) is 6.44. The molecule has 0 atom stereocenters. The van der Waals surface area contributed by atoms with Gasteiger partial charge in [0, 0.05) is 12.1 Å². The normalized spacial score (nSPS) is 11.0. The van der Waals surface area contributed by atoms with Gasteiger partial charge >= 0.3 is 5.97 Å². The molecule has 0 saturated carbocycles. The van der Waals surface area contributed by atoms with Gasteiger partial charge in [-0.25, -0.2) is 4.79 Å². The molecule has 5 nitrogen and oxygen atoms in total. The summed E-state index contributed by atoms with van der Waals surface area (Å²) in [6.45, 7) is 3.71. The molecule has 1 aromatic rings. The fourth-order valence-electron chi connectivity index (χ4n) is 1.51. The van der Waals surface area contributed by atoms with Gasteiger partial charge in [0.25, 0.3) is 5.91 Å². The van der Waals surface area contributed by atoms with Crippen LogP contribution in [0.5, 0.6) is 0 Å². The summed E-state index contributed by atoms with van der Waals surface area (Å²) in [6.07, 6.45) is 4.40. The molecule has 0 saturated heterocycles. The number of carbonyl (C=O) groups excluding carboxylic acids is 2. The van der Waals surface area contributed by atoms with E-state index in [9.17, 15) is 9.59 Å². The van der Waals surface area contributed by atoms with Gasteiger partial charge in [-0.05, 0) is 47.0 Å². The summed E-state index contributed by atoms with van der Waals surface area (Å²) in [6, 6.07) is 3.54. The molecule has 0 spiro atoms. The first-order chi connectivity index (χ1) is 9.55. The van der Waals surface area contributed by atoms with E-state index in [1.54, 1.807) is 12.1 Å². The van der Waals surface area contributed by atoms with Gasteiger partial charge in [0.1, 0.15) is 5.76 Å². The van der Waals surface area contributed by atoms with Gasteiger partial charge in [0.05, 0.1) is 0 Å². The van der Waals surface area contributed by atoms with Crippen molar-refractivity contribution in [3.63, 3.8) is 0 Å². The molecule has 0 unspecified atom stereocenters. The maximum Gasteiger partial charge on any atom is 0.331 e. The van der Waals surface area contributed by atoms with E-state index in [1.807, 2.05) is 13.8 Å². The summed E-state index contributed by atoms with van der Waals surface area (Å²) in [5.74, 6) is -0.353. The van der Waals surface area contributed by atoms with Gasteiger partial charge in [0.15, 0.2) is 11.3 Å². The minimum Gasteiger partial charge on any atom is -0.452 e. The number of hydrogen-bond donors (Lipinski definition) is 1. The zero-order chi connectivity index (χ0) is 15.0. The van der Waals surface area contributed by atoms with E-state index >= 15 is 0 Å². The van der Waals surface area contributed by atoms with Crippen LogP contribution >= 0.6 is 15.9 Å². The quantitative estimate of drug-likeness (QED) is 0.610. The molecule has 0 aliphatic carbocycles. The third-order valence-electron chi connectivity index (χ3n) is 2.67. The Kier molecular flexibility index (Phi) is 7.08. The smallest absolute Gasteiger partial charge is 0.331 e. The highest BCUT2D eigenvalue weighted by Crippen LogP contribution is 2.14. The standard InChI is InChI=1S/C14H18BrNO4/c1-3-10(4-2)16-13(17)9-19-14(18)8-6-11-5-7-12(15)20-11/h5-8,10H,3-4,9H2,1-2H3,(H,16,17). The zero-order valence-corrected chi connectivity index (χ0v) is 13.1. The van der Waals surface area contributed by atoms with Crippen molar-refractivity contribution in [2.45, 2.75) is 32.7 Å². The van der Waals surface area contributed by atoms with E-state index < -0.39 is 5.97 Å². The van der Waals surface area contributed by atoms with Crippen molar-refractivity contribution in [1.82, 2.24) is 5.32 Å². The van der Waals surface area contributed by atoms with Gasteiger partial charge in [-0.1, -0.05) is 13.8 Å². The topological polar surface area (TPSA) is 68.5 Å². The summed E-state index contributed by atoms with van der Waals surface area (Å²) >= 11 is 3.16. The number of amides is 1. The van der Waals surface area contributed by atoms with Crippen LogP contribution in [-0.4, -0.2) is 24.5 Å². The van der Waals surface area contributed by atoms with Gasteiger partial charge in [0.2, 0.25) is 0 Å². The van der Waals surface area contributed by atoms with Crippen LogP contribution in [0.4, 0.5) is 0 Å². The lowest BCUT2D eigenvalue weighted by Crippen LogP contribution is -2.36. The largest absolute Gasteiger partial charge is 0.452 e. The van der Waals surface area contributed by atoms with Crippen molar-refractivity contribution < 1.29 is 18.7 Å². The SMILES string of the molecule is CCC(CC)NC(=O)COC(=O)C=Cc1ccc(Br)o1. The molecule has 0 fully saturated rings. The molecule has 0 aromatic carbocycles. The van der Waals surface area contributed by atoms with Crippen molar-refractivity contribution in [3.8, 4) is 0 Å². The maximum absolute atomic E-state index is 11.5.